The Morgan fingerprint density at radius 2 is 1.82 bits per heavy atom. The Bertz CT molecular complexity index is 1190. The number of halogens is 2. The molecule has 4 nitrogen and oxygen atoms in total. The van der Waals surface area contributed by atoms with Crippen molar-refractivity contribution in [2.75, 3.05) is 0 Å². The Balaban J connectivity index is 1.75. The zero-order valence-corrected chi connectivity index (χ0v) is 16.3. The fraction of sp³-hybridized carbons (Fsp3) is 0.0952. The van der Waals surface area contributed by atoms with Crippen LogP contribution in [0.3, 0.4) is 0 Å². The molecular formula is C21H15ClFN3OS. The van der Waals surface area contributed by atoms with Gasteiger partial charge in [0.2, 0.25) is 0 Å². The van der Waals surface area contributed by atoms with Crippen molar-refractivity contribution >= 4 is 34.4 Å². The summed E-state index contributed by atoms with van der Waals surface area (Å²) in [6.45, 7) is 0.308. The molecular weight excluding hydrogens is 397 g/mol. The molecule has 0 atom stereocenters. The highest BCUT2D eigenvalue weighted by Crippen LogP contribution is 2.24. The van der Waals surface area contributed by atoms with Gasteiger partial charge in [0.1, 0.15) is 5.82 Å². The Kier molecular flexibility index (Phi) is 5.41. The van der Waals surface area contributed by atoms with E-state index in [0.29, 0.717) is 33.5 Å². The number of pyridine rings is 1. The molecule has 4 rings (SSSR count). The van der Waals surface area contributed by atoms with E-state index in [9.17, 15) is 9.18 Å². The fourth-order valence-corrected chi connectivity index (χ4v) is 3.95. The first-order chi connectivity index (χ1) is 13.6. The lowest BCUT2D eigenvalue weighted by Crippen LogP contribution is -2.24. The van der Waals surface area contributed by atoms with Gasteiger partial charge in [0.05, 0.1) is 11.9 Å². The molecule has 2 aromatic heterocycles. The maximum atomic E-state index is 13.1. The first kappa shape index (κ1) is 18.7. The van der Waals surface area contributed by atoms with Crippen molar-refractivity contribution in [3.8, 4) is 0 Å². The second-order valence-corrected chi connectivity index (χ2v) is 7.52. The lowest BCUT2D eigenvalue weighted by Gasteiger charge is -2.13. The molecule has 0 aliphatic rings. The van der Waals surface area contributed by atoms with Crippen LogP contribution in [0.5, 0.6) is 0 Å². The maximum absolute atomic E-state index is 13.1. The number of aromatic nitrogens is 3. The van der Waals surface area contributed by atoms with E-state index in [-0.39, 0.29) is 11.4 Å². The molecule has 28 heavy (non-hydrogen) atoms. The smallest absolute Gasteiger partial charge is 0.263 e. The predicted molar refractivity (Wildman–Crippen MR) is 110 cm³/mol. The van der Waals surface area contributed by atoms with Gasteiger partial charge in [0, 0.05) is 17.0 Å². The van der Waals surface area contributed by atoms with Crippen LogP contribution in [0.4, 0.5) is 4.39 Å². The third-order valence-corrected chi connectivity index (χ3v) is 5.68. The summed E-state index contributed by atoms with van der Waals surface area (Å²) in [6, 6.07) is 17.1. The normalized spacial score (nSPS) is 11.1. The maximum Gasteiger partial charge on any atom is 0.263 e. The summed E-state index contributed by atoms with van der Waals surface area (Å²) in [4.78, 5) is 21.9. The van der Waals surface area contributed by atoms with Crippen LogP contribution < -0.4 is 5.56 Å². The van der Waals surface area contributed by atoms with Gasteiger partial charge in [-0.1, -0.05) is 53.7 Å². The highest BCUT2D eigenvalue weighted by atomic mass is 35.5. The Labute approximate surface area is 170 Å². The summed E-state index contributed by atoms with van der Waals surface area (Å²) in [5, 5.41) is 1.59. The van der Waals surface area contributed by atoms with Crippen molar-refractivity contribution in [1.82, 2.24) is 14.5 Å². The molecule has 4 aromatic rings. The highest BCUT2D eigenvalue weighted by Gasteiger charge is 2.14. The fourth-order valence-electron chi connectivity index (χ4n) is 2.81. The average Bonchev–Trinajstić information content (AvgIpc) is 2.71. The van der Waals surface area contributed by atoms with E-state index < -0.39 is 0 Å². The van der Waals surface area contributed by atoms with Gasteiger partial charge in [-0.15, -0.1) is 0 Å². The number of rotatable bonds is 5. The zero-order valence-electron chi connectivity index (χ0n) is 14.7. The standard InChI is InChI=1S/C21H15ClFN3OS/c22-18-6-2-1-4-15(18)12-26-20(27)17-5-3-11-24-19(17)25-21(26)28-13-14-7-9-16(23)10-8-14/h1-11H,12-13H2. The molecule has 0 saturated carbocycles. The molecule has 2 aromatic carbocycles. The second-order valence-electron chi connectivity index (χ2n) is 6.17. The van der Waals surface area contributed by atoms with Crippen molar-refractivity contribution in [3.63, 3.8) is 0 Å². The van der Waals surface area contributed by atoms with Gasteiger partial charge in [-0.2, -0.15) is 0 Å². The van der Waals surface area contributed by atoms with E-state index >= 15 is 0 Å². The predicted octanol–water partition coefficient (Wildman–Crippen LogP) is 4.92. The van der Waals surface area contributed by atoms with Gasteiger partial charge in [-0.05, 0) is 41.5 Å². The van der Waals surface area contributed by atoms with Crippen molar-refractivity contribution in [1.29, 1.82) is 0 Å². The Hall–Kier alpha value is -2.70. The summed E-state index contributed by atoms with van der Waals surface area (Å²) in [5.74, 6) is 0.269. The van der Waals surface area contributed by atoms with Crippen LogP contribution in [0, 0.1) is 5.82 Å². The van der Waals surface area contributed by atoms with E-state index in [2.05, 4.69) is 9.97 Å². The molecule has 7 heteroatoms. The summed E-state index contributed by atoms with van der Waals surface area (Å²) < 4.78 is 14.7. The first-order valence-corrected chi connectivity index (χ1v) is 9.94. The minimum Gasteiger partial charge on any atom is -0.282 e. The summed E-state index contributed by atoms with van der Waals surface area (Å²) in [6.07, 6.45) is 1.61. The largest absolute Gasteiger partial charge is 0.282 e. The highest BCUT2D eigenvalue weighted by molar-refractivity contribution is 7.98. The van der Waals surface area contributed by atoms with Crippen LogP contribution in [0.2, 0.25) is 5.02 Å². The number of hydrogen-bond donors (Lipinski definition) is 0. The minimum atomic E-state index is -0.280. The van der Waals surface area contributed by atoms with Gasteiger partial charge >= 0.3 is 0 Å². The Morgan fingerprint density at radius 3 is 2.61 bits per heavy atom. The Morgan fingerprint density at radius 1 is 1.04 bits per heavy atom. The SMILES string of the molecule is O=c1c2cccnc2nc(SCc2ccc(F)cc2)n1Cc1ccccc1Cl. The number of hydrogen-bond acceptors (Lipinski definition) is 4. The van der Waals surface area contributed by atoms with Gasteiger partial charge in [-0.25, -0.2) is 14.4 Å². The summed E-state index contributed by atoms with van der Waals surface area (Å²) >= 11 is 7.70. The lowest BCUT2D eigenvalue weighted by atomic mass is 10.2. The van der Waals surface area contributed by atoms with Gasteiger partial charge in [0.15, 0.2) is 10.8 Å². The molecule has 0 radical (unpaired) electrons. The molecule has 0 aliphatic carbocycles. The summed E-state index contributed by atoms with van der Waals surface area (Å²) in [7, 11) is 0. The number of nitrogens with zero attached hydrogens (tertiary/aromatic N) is 3. The van der Waals surface area contributed by atoms with Crippen molar-refractivity contribution in [2.45, 2.75) is 17.5 Å². The number of fused-ring (bicyclic) bond motifs is 1. The molecule has 0 spiro atoms. The monoisotopic (exact) mass is 411 g/mol. The van der Waals surface area contributed by atoms with Crippen LogP contribution in [-0.4, -0.2) is 14.5 Å². The van der Waals surface area contributed by atoms with E-state index in [1.54, 1.807) is 41.1 Å². The molecule has 0 unspecified atom stereocenters. The van der Waals surface area contributed by atoms with Gasteiger partial charge in [-0.3, -0.25) is 9.36 Å². The molecule has 140 valence electrons. The van der Waals surface area contributed by atoms with Crippen LogP contribution in [0.1, 0.15) is 11.1 Å². The lowest BCUT2D eigenvalue weighted by molar-refractivity contribution is 0.627. The molecule has 0 fully saturated rings. The first-order valence-electron chi connectivity index (χ1n) is 8.58. The quantitative estimate of drug-likeness (QED) is 0.345. The third-order valence-electron chi connectivity index (χ3n) is 4.26. The molecule has 2 heterocycles. The molecule has 0 saturated heterocycles. The van der Waals surface area contributed by atoms with Crippen molar-refractivity contribution < 1.29 is 4.39 Å². The van der Waals surface area contributed by atoms with Crippen LogP contribution >= 0.6 is 23.4 Å². The minimum absolute atomic E-state index is 0.167. The van der Waals surface area contributed by atoms with E-state index in [1.165, 1.54) is 23.9 Å². The second kappa shape index (κ2) is 8.12. The molecule has 0 bridgehead atoms. The third kappa shape index (κ3) is 3.93. The van der Waals surface area contributed by atoms with Crippen molar-refractivity contribution in [3.05, 3.63) is 99.2 Å². The van der Waals surface area contributed by atoms with E-state index in [0.717, 1.165) is 11.1 Å². The topological polar surface area (TPSA) is 47.8 Å². The number of benzene rings is 2. The summed E-state index contributed by atoms with van der Waals surface area (Å²) in [5.41, 5.74) is 2.01. The van der Waals surface area contributed by atoms with Crippen LogP contribution in [0.25, 0.3) is 11.0 Å². The van der Waals surface area contributed by atoms with Crippen LogP contribution in [-0.2, 0) is 12.3 Å². The van der Waals surface area contributed by atoms with Gasteiger partial charge in [0.25, 0.3) is 5.56 Å². The molecule has 0 aliphatic heterocycles. The van der Waals surface area contributed by atoms with Crippen LogP contribution in [0.15, 0.2) is 76.8 Å². The van der Waals surface area contributed by atoms with Crippen molar-refractivity contribution in [2.24, 2.45) is 0 Å². The number of thioether (sulfide) groups is 1. The van der Waals surface area contributed by atoms with E-state index in [4.69, 9.17) is 11.6 Å². The molecule has 0 N–H and O–H groups in total. The zero-order chi connectivity index (χ0) is 19.5. The molecule has 0 amide bonds. The van der Waals surface area contributed by atoms with E-state index in [1.807, 2.05) is 18.2 Å². The average molecular weight is 412 g/mol. The van der Waals surface area contributed by atoms with Gasteiger partial charge < -0.3 is 0 Å².